The number of ether oxygens (including phenoxy) is 1. The summed E-state index contributed by atoms with van der Waals surface area (Å²) in [5.41, 5.74) is 0.831. The summed E-state index contributed by atoms with van der Waals surface area (Å²) in [6, 6.07) is 2.62. The lowest BCUT2D eigenvalue weighted by Crippen LogP contribution is -2.51. The molecule has 2 N–H and O–H groups in total. The van der Waals surface area contributed by atoms with Crippen molar-refractivity contribution in [3.05, 3.63) is 62.5 Å². The minimum Gasteiger partial charge on any atom is -0.481 e. The Morgan fingerprint density at radius 2 is 2.15 bits per heavy atom. The summed E-state index contributed by atoms with van der Waals surface area (Å²) in [6.07, 6.45) is 2.20. The summed E-state index contributed by atoms with van der Waals surface area (Å²) in [4.78, 5) is 50.7. The predicted octanol–water partition coefficient (Wildman–Crippen LogP) is 3.69. The van der Waals surface area contributed by atoms with Crippen molar-refractivity contribution in [1.82, 2.24) is 20.1 Å². The van der Waals surface area contributed by atoms with Crippen LogP contribution in [-0.2, 0) is 14.3 Å². The van der Waals surface area contributed by atoms with Crippen molar-refractivity contribution in [3.8, 4) is 0 Å². The van der Waals surface area contributed by atoms with Crippen molar-refractivity contribution in [2.75, 3.05) is 26.7 Å². The molecule has 0 radical (unpaired) electrons. The van der Waals surface area contributed by atoms with Crippen LogP contribution < -0.4 is 5.32 Å². The van der Waals surface area contributed by atoms with E-state index in [1.807, 2.05) is 0 Å². The van der Waals surface area contributed by atoms with Crippen LogP contribution in [0.2, 0.25) is 5.02 Å². The van der Waals surface area contributed by atoms with E-state index in [-0.39, 0.29) is 35.2 Å². The number of hydrogen-bond donors (Lipinski definition) is 2. The van der Waals surface area contributed by atoms with Gasteiger partial charge in [-0.05, 0) is 31.7 Å². The van der Waals surface area contributed by atoms with Gasteiger partial charge in [0.05, 0.1) is 29.2 Å². The molecule has 13 heteroatoms. The number of esters is 1. The molecule has 0 bridgehead atoms. The molecule has 1 aromatic heterocycles. The van der Waals surface area contributed by atoms with Gasteiger partial charge >= 0.3 is 18.0 Å². The van der Waals surface area contributed by atoms with Gasteiger partial charge in [-0.2, -0.15) is 0 Å². The Morgan fingerprint density at radius 1 is 1.36 bits per heavy atom. The molecule has 2 fully saturated rings. The number of fused-ring (bicyclic) bond motifs is 1. The highest BCUT2D eigenvalue weighted by Gasteiger charge is 2.50. The zero-order valence-electron chi connectivity index (χ0n) is 21.3. The first kappa shape index (κ1) is 27.1. The van der Waals surface area contributed by atoms with Gasteiger partial charge in [0.25, 0.3) is 0 Å². The Bertz CT molecular complexity index is 1370. The van der Waals surface area contributed by atoms with Gasteiger partial charge in [0.2, 0.25) is 0 Å². The van der Waals surface area contributed by atoms with Crippen LogP contribution in [0.25, 0.3) is 0 Å². The summed E-state index contributed by atoms with van der Waals surface area (Å²) >= 11 is 7.69. The second kappa shape index (κ2) is 10.9. The number of hydrogen-bond acceptors (Lipinski definition) is 8. The van der Waals surface area contributed by atoms with Crippen molar-refractivity contribution >= 4 is 46.7 Å². The number of carboxylic acid groups (broad SMARTS) is 1. The fourth-order valence-corrected chi connectivity index (χ4v) is 6.47. The number of carbonyl (C=O) groups is 3. The minimum absolute atomic E-state index is 0.0922. The van der Waals surface area contributed by atoms with E-state index in [1.165, 1.54) is 28.4 Å². The summed E-state index contributed by atoms with van der Waals surface area (Å²) in [5.74, 6) is -3.23. The number of carboxylic acids is 1. The van der Waals surface area contributed by atoms with Crippen LogP contribution in [0.5, 0.6) is 0 Å². The Kier molecular flexibility index (Phi) is 7.59. The average Bonchev–Trinajstić information content (AvgIpc) is 3.53. The second-order valence-electron chi connectivity index (χ2n) is 9.64. The Balaban J connectivity index is 1.60. The Hall–Kier alpha value is -3.51. The third-order valence-electron chi connectivity index (χ3n) is 7.38. The number of aliphatic imine (C=N–C) groups is 1. The average molecular weight is 576 g/mol. The van der Waals surface area contributed by atoms with Gasteiger partial charge in [-0.3, -0.25) is 9.79 Å². The number of nitrogens with one attached hydrogen (secondary N) is 1. The molecular formula is C26H27ClFN5O5S. The third kappa shape index (κ3) is 4.98. The zero-order chi connectivity index (χ0) is 27.8. The predicted molar refractivity (Wildman–Crippen MR) is 142 cm³/mol. The molecule has 2 saturated heterocycles. The van der Waals surface area contributed by atoms with E-state index in [2.05, 4.69) is 10.3 Å². The molecule has 0 saturated carbocycles. The van der Waals surface area contributed by atoms with E-state index >= 15 is 0 Å². The number of allylic oxidation sites excluding steroid dienone is 1. The minimum atomic E-state index is -1.01. The van der Waals surface area contributed by atoms with Crippen molar-refractivity contribution in [1.29, 1.82) is 0 Å². The summed E-state index contributed by atoms with van der Waals surface area (Å²) < 4.78 is 19.9. The van der Waals surface area contributed by atoms with E-state index in [4.69, 9.17) is 21.3 Å². The second-order valence-corrected chi connectivity index (χ2v) is 10.9. The standard InChI is InChI=1S/C26H27ClFN5O5S/c1-3-38-25(36)19-16(11-13-7-9-33-17(18(13)24(34)35)12-32(2)26(33)37)30-22(23-29-8-10-39-23)31-21(19)14-5-4-6-15(28)20(14)27/h4-6,8,10,13,17-18,21H,3,7,9,11-12H2,1-2H3,(H,30,31)(H,34,35)/t13?,17-,18+,21-/m0/s1. The van der Waals surface area contributed by atoms with Crippen LogP contribution in [-0.4, -0.2) is 76.5 Å². The van der Waals surface area contributed by atoms with Crippen molar-refractivity contribution in [2.45, 2.75) is 31.8 Å². The molecule has 0 spiro atoms. The molecule has 3 aliphatic heterocycles. The monoisotopic (exact) mass is 575 g/mol. The smallest absolute Gasteiger partial charge is 0.338 e. The number of amides is 2. The summed E-state index contributed by atoms with van der Waals surface area (Å²) in [7, 11) is 1.66. The Labute approximate surface area is 233 Å². The van der Waals surface area contributed by atoms with Gasteiger partial charge in [-0.25, -0.2) is 19.0 Å². The number of rotatable bonds is 7. The maximum absolute atomic E-state index is 14.5. The van der Waals surface area contributed by atoms with E-state index < -0.39 is 41.7 Å². The number of halogens is 2. The van der Waals surface area contributed by atoms with Crippen molar-refractivity contribution in [2.24, 2.45) is 16.8 Å². The van der Waals surface area contributed by atoms with Crippen molar-refractivity contribution < 1.29 is 28.6 Å². The molecule has 2 aromatic rings. The van der Waals surface area contributed by atoms with Gasteiger partial charge in [-0.1, -0.05) is 23.7 Å². The lowest BCUT2D eigenvalue weighted by Gasteiger charge is -2.40. The van der Waals surface area contributed by atoms with Crippen LogP contribution in [0.15, 0.2) is 46.0 Å². The number of urea groups is 1. The van der Waals surface area contributed by atoms with E-state index in [9.17, 15) is 23.9 Å². The highest BCUT2D eigenvalue weighted by Crippen LogP contribution is 2.42. The van der Waals surface area contributed by atoms with Gasteiger partial charge in [0.1, 0.15) is 11.9 Å². The molecule has 5 rings (SSSR count). The molecule has 3 aliphatic rings. The molecule has 1 unspecified atom stereocenters. The maximum Gasteiger partial charge on any atom is 0.338 e. The molecule has 0 aliphatic carbocycles. The molecule has 4 heterocycles. The Morgan fingerprint density at radius 3 is 2.85 bits per heavy atom. The maximum atomic E-state index is 14.5. The summed E-state index contributed by atoms with van der Waals surface area (Å²) in [6.45, 7) is 2.47. The van der Waals surface area contributed by atoms with Crippen LogP contribution in [0, 0.1) is 17.7 Å². The SMILES string of the molecule is CCOC(=O)C1=C(CC2CCN3C(=O)N(C)C[C@H]3[C@@H]2C(=O)O)NC(c2nccs2)=N[C@H]1c1cccc(F)c1Cl. The van der Waals surface area contributed by atoms with Crippen LogP contribution in [0.3, 0.4) is 0 Å². The van der Waals surface area contributed by atoms with Crippen LogP contribution in [0.1, 0.15) is 36.4 Å². The highest BCUT2D eigenvalue weighted by molar-refractivity contribution is 7.11. The van der Waals surface area contributed by atoms with Crippen LogP contribution >= 0.6 is 22.9 Å². The lowest BCUT2D eigenvalue weighted by atomic mass is 9.76. The number of aliphatic carboxylic acids is 1. The molecule has 206 valence electrons. The molecular weight excluding hydrogens is 549 g/mol. The number of aromatic nitrogens is 1. The first-order valence-corrected chi connectivity index (χ1v) is 13.8. The first-order chi connectivity index (χ1) is 18.7. The fraction of sp³-hybridized carbons (Fsp3) is 0.423. The lowest BCUT2D eigenvalue weighted by molar-refractivity contribution is -0.147. The highest BCUT2D eigenvalue weighted by atomic mass is 35.5. The zero-order valence-corrected chi connectivity index (χ0v) is 22.8. The number of amidine groups is 1. The fourth-order valence-electron chi connectivity index (χ4n) is 5.65. The molecule has 2 amide bonds. The largest absolute Gasteiger partial charge is 0.481 e. The number of likely N-dealkylation sites (N-methyl/N-ethyl adjacent to an activating group) is 1. The number of benzene rings is 1. The number of nitrogens with zero attached hydrogens (tertiary/aromatic N) is 4. The number of carbonyl (C=O) groups excluding carboxylic acids is 2. The quantitative estimate of drug-likeness (QED) is 0.482. The molecule has 1 aromatic carbocycles. The first-order valence-electron chi connectivity index (χ1n) is 12.5. The molecule has 4 atom stereocenters. The third-order valence-corrected chi connectivity index (χ3v) is 8.56. The topological polar surface area (TPSA) is 124 Å². The van der Waals surface area contributed by atoms with E-state index in [1.54, 1.807) is 36.5 Å². The van der Waals surface area contributed by atoms with Gasteiger partial charge in [0.15, 0.2) is 10.8 Å². The van der Waals surface area contributed by atoms with Gasteiger partial charge in [0, 0.05) is 43.0 Å². The van der Waals surface area contributed by atoms with Gasteiger partial charge in [-0.15, -0.1) is 11.3 Å². The van der Waals surface area contributed by atoms with Crippen LogP contribution in [0.4, 0.5) is 9.18 Å². The molecule has 39 heavy (non-hydrogen) atoms. The summed E-state index contributed by atoms with van der Waals surface area (Å²) in [5, 5.41) is 15.6. The number of piperidine rings is 1. The van der Waals surface area contributed by atoms with Crippen molar-refractivity contribution in [3.63, 3.8) is 0 Å². The normalized spacial score (nSPS) is 24.8. The van der Waals surface area contributed by atoms with E-state index in [0.717, 1.165) is 0 Å². The van der Waals surface area contributed by atoms with Gasteiger partial charge < -0.3 is 25.0 Å². The van der Waals surface area contributed by atoms with E-state index in [0.29, 0.717) is 36.1 Å². The molecule has 10 nitrogen and oxygen atoms in total. The number of thiazole rings is 1.